The molecular weight excluding hydrogens is 256 g/mol. The van der Waals surface area contributed by atoms with Crippen LogP contribution in [-0.2, 0) is 6.61 Å². The Balaban J connectivity index is 2.18. The zero-order chi connectivity index (χ0) is 13.0. The minimum atomic E-state index is -0.552. The SMILES string of the molecule is O=[N+]([O-])c1cnc(Cl)cc1OCc1ccccc1. The highest BCUT2D eigenvalue weighted by Crippen LogP contribution is 2.28. The topological polar surface area (TPSA) is 65.3 Å². The molecule has 2 aromatic rings. The van der Waals surface area contributed by atoms with E-state index in [4.69, 9.17) is 16.3 Å². The van der Waals surface area contributed by atoms with E-state index in [9.17, 15) is 10.1 Å². The van der Waals surface area contributed by atoms with E-state index in [1.165, 1.54) is 6.07 Å². The number of pyridine rings is 1. The second-order valence-electron chi connectivity index (χ2n) is 3.51. The lowest BCUT2D eigenvalue weighted by atomic mass is 10.2. The van der Waals surface area contributed by atoms with Gasteiger partial charge in [-0.25, -0.2) is 4.98 Å². The number of nitrogens with zero attached hydrogens (tertiary/aromatic N) is 2. The van der Waals surface area contributed by atoms with Crippen LogP contribution in [0.2, 0.25) is 5.15 Å². The molecule has 0 spiro atoms. The van der Waals surface area contributed by atoms with Crippen molar-refractivity contribution in [2.45, 2.75) is 6.61 Å². The lowest BCUT2D eigenvalue weighted by Gasteiger charge is -2.06. The van der Waals surface area contributed by atoms with Gasteiger partial charge < -0.3 is 4.74 Å². The first-order valence-corrected chi connectivity index (χ1v) is 5.51. The van der Waals surface area contributed by atoms with E-state index in [1.807, 2.05) is 30.3 Å². The van der Waals surface area contributed by atoms with Gasteiger partial charge in [-0.15, -0.1) is 0 Å². The molecule has 0 unspecified atom stereocenters. The van der Waals surface area contributed by atoms with Crippen molar-refractivity contribution >= 4 is 17.3 Å². The smallest absolute Gasteiger partial charge is 0.329 e. The average Bonchev–Trinajstić information content (AvgIpc) is 2.37. The van der Waals surface area contributed by atoms with Crippen molar-refractivity contribution in [2.24, 2.45) is 0 Å². The van der Waals surface area contributed by atoms with E-state index in [1.54, 1.807) is 0 Å². The van der Waals surface area contributed by atoms with Gasteiger partial charge in [0, 0.05) is 6.07 Å². The fourth-order valence-corrected chi connectivity index (χ4v) is 1.54. The standard InChI is InChI=1S/C12H9ClN2O3/c13-12-6-11(10(7-14-12)15(16)17)18-8-9-4-2-1-3-5-9/h1-7H,8H2. The van der Waals surface area contributed by atoms with E-state index in [0.29, 0.717) is 0 Å². The van der Waals surface area contributed by atoms with Crippen LogP contribution in [0.15, 0.2) is 42.6 Å². The Hall–Kier alpha value is -2.14. The van der Waals surface area contributed by atoms with Crippen LogP contribution in [0.4, 0.5) is 5.69 Å². The second kappa shape index (κ2) is 5.46. The first-order chi connectivity index (χ1) is 8.66. The van der Waals surface area contributed by atoms with Crippen molar-refractivity contribution < 1.29 is 9.66 Å². The molecule has 0 N–H and O–H groups in total. The molecule has 0 bridgehead atoms. The fourth-order valence-electron chi connectivity index (χ4n) is 1.39. The van der Waals surface area contributed by atoms with Crippen LogP contribution >= 0.6 is 11.6 Å². The summed E-state index contributed by atoms with van der Waals surface area (Å²) in [6.45, 7) is 0.238. The molecular formula is C12H9ClN2O3. The van der Waals surface area contributed by atoms with Gasteiger partial charge in [0.05, 0.1) is 4.92 Å². The maximum Gasteiger partial charge on any atom is 0.329 e. The molecule has 6 heteroatoms. The van der Waals surface area contributed by atoms with Crippen LogP contribution in [0.5, 0.6) is 5.75 Å². The summed E-state index contributed by atoms with van der Waals surface area (Å²) in [5.41, 5.74) is 0.718. The summed E-state index contributed by atoms with van der Waals surface area (Å²) in [6.07, 6.45) is 1.09. The Kier molecular flexibility index (Phi) is 3.74. The number of hydrogen-bond acceptors (Lipinski definition) is 4. The molecule has 0 aliphatic carbocycles. The number of hydrogen-bond donors (Lipinski definition) is 0. The summed E-state index contributed by atoms with van der Waals surface area (Å²) >= 11 is 5.69. The van der Waals surface area contributed by atoms with Crippen molar-refractivity contribution in [3.05, 3.63) is 63.4 Å². The molecule has 0 radical (unpaired) electrons. The Morgan fingerprint density at radius 2 is 2.06 bits per heavy atom. The molecule has 0 saturated carbocycles. The van der Waals surface area contributed by atoms with Gasteiger partial charge in [0.15, 0.2) is 0 Å². The lowest BCUT2D eigenvalue weighted by Crippen LogP contribution is -1.99. The first-order valence-electron chi connectivity index (χ1n) is 5.13. The van der Waals surface area contributed by atoms with Crippen LogP contribution in [0, 0.1) is 10.1 Å². The maximum absolute atomic E-state index is 10.8. The predicted octanol–water partition coefficient (Wildman–Crippen LogP) is 3.22. The third-order valence-electron chi connectivity index (χ3n) is 2.25. The summed E-state index contributed by atoms with van der Waals surface area (Å²) in [5.74, 6) is 0.115. The van der Waals surface area contributed by atoms with Crippen LogP contribution in [0.25, 0.3) is 0 Å². The van der Waals surface area contributed by atoms with E-state index in [-0.39, 0.29) is 23.2 Å². The van der Waals surface area contributed by atoms with E-state index in [2.05, 4.69) is 4.98 Å². The Bertz CT molecular complexity index is 561. The molecule has 0 aliphatic rings. The highest BCUT2D eigenvalue weighted by molar-refractivity contribution is 6.29. The summed E-state index contributed by atoms with van der Waals surface area (Å²) in [7, 11) is 0. The van der Waals surface area contributed by atoms with Crippen LogP contribution in [-0.4, -0.2) is 9.91 Å². The van der Waals surface area contributed by atoms with Gasteiger partial charge in [-0.2, -0.15) is 0 Å². The van der Waals surface area contributed by atoms with Crippen molar-refractivity contribution in [1.82, 2.24) is 4.98 Å². The minimum Gasteiger partial charge on any atom is -0.482 e. The Morgan fingerprint density at radius 3 is 2.72 bits per heavy atom. The largest absolute Gasteiger partial charge is 0.482 e. The molecule has 1 aromatic heterocycles. The third kappa shape index (κ3) is 2.95. The molecule has 0 fully saturated rings. The number of rotatable bonds is 4. The molecule has 0 atom stereocenters. The summed E-state index contributed by atoms with van der Waals surface area (Å²) in [5, 5.41) is 10.9. The van der Waals surface area contributed by atoms with Gasteiger partial charge >= 0.3 is 5.69 Å². The van der Waals surface area contributed by atoms with Gasteiger partial charge in [0.2, 0.25) is 5.75 Å². The monoisotopic (exact) mass is 264 g/mol. The predicted molar refractivity (Wildman–Crippen MR) is 66.7 cm³/mol. The molecule has 0 saturated heterocycles. The highest BCUT2D eigenvalue weighted by Gasteiger charge is 2.16. The fraction of sp³-hybridized carbons (Fsp3) is 0.0833. The summed E-state index contributed by atoms with van der Waals surface area (Å²) in [6, 6.07) is 10.7. The van der Waals surface area contributed by atoms with Crippen LogP contribution in [0.1, 0.15) is 5.56 Å². The minimum absolute atomic E-state index is 0.115. The highest BCUT2D eigenvalue weighted by atomic mass is 35.5. The maximum atomic E-state index is 10.8. The molecule has 1 heterocycles. The van der Waals surface area contributed by atoms with Crippen molar-refractivity contribution in [1.29, 1.82) is 0 Å². The van der Waals surface area contributed by atoms with Gasteiger partial charge in [-0.3, -0.25) is 10.1 Å². The molecule has 18 heavy (non-hydrogen) atoms. The van der Waals surface area contributed by atoms with Gasteiger partial charge in [0.1, 0.15) is 18.0 Å². The summed E-state index contributed by atoms with van der Waals surface area (Å²) in [4.78, 5) is 13.9. The third-order valence-corrected chi connectivity index (χ3v) is 2.45. The van der Waals surface area contributed by atoms with Crippen molar-refractivity contribution in [3.63, 3.8) is 0 Å². The van der Waals surface area contributed by atoms with E-state index >= 15 is 0 Å². The van der Waals surface area contributed by atoms with E-state index in [0.717, 1.165) is 11.8 Å². The average molecular weight is 265 g/mol. The molecule has 0 aliphatic heterocycles. The summed E-state index contributed by atoms with van der Waals surface area (Å²) < 4.78 is 5.40. The number of aromatic nitrogens is 1. The molecule has 5 nitrogen and oxygen atoms in total. The van der Waals surface area contributed by atoms with Gasteiger partial charge in [0.25, 0.3) is 0 Å². The van der Waals surface area contributed by atoms with Crippen LogP contribution in [0.3, 0.4) is 0 Å². The van der Waals surface area contributed by atoms with Crippen molar-refractivity contribution in [2.75, 3.05) is 0 Å². The number of ether oxygens (including phenoxy) is 1. The normalized spacial score (nSPS) is 10.1. The Morgan fingerprint density at radius 1 is 1.33 bits per heavy atom. The van der Waals surface area contributed by atoms with E-state index < -0.39 is 4.92 Å². The second-order valence-corrected chi connectivity index (χ2v) is 3.89. The van der Waals surface area contributed by atoms with Gasteiger partial charge in [-0.1, -0.05) is 41.9 Å². The molecule has 1 aromatic carbocycles. The number of halogens is 1. The number of benzene rings is 1. The molecule has 92 valence electrons. The first kappa shape index (κ1) is 12.3. The Labute approximate surface area is 108 Å². The number of nitro groups is 1. The zero-order valence-corrected chi connectivity index (χ0v) is 10.0. The zero-order valence-electron chi connectivity index (χ0n) is 9.25. The molecule has 0 amide bonds. The van der Waals surface area contributed by atoms with Crippen LogP contribution < -0.4 is 4.74 Å². The lowest BCUT2D eigenvalue weighted by molar-refractivity contribution is -0.386. The van der Waals surface area contributed by atoms with Gasteiger partial charge in [-0.05, 0) is 5.56 Å². The quantitative estimate of drug-likeness (QED) is 0.483. The molecule has 2 rings (SSSR count). The van der Waals surface area contributed by atoms with Crippen molar-refractivity contribution in [3.8, 4) is 5.75 Å².